The molecule has 0 heterocycles. The minimum Gasteiger partial charge on any atom is -0.495 e. The van der Waals surface area contributed by atoms with Gasteiger partial charge in [0.2, 0.25) is 5.91 Å². The molecule has 1 aliphatic carbocycles. The fourth-order valence-electron chi connectivity index (χ4n) is 2.74. The summed E-state index contributed by atoms with van der Waals surface area (Å²) in [4.78, 5) is 11.9. The highest BCUT2D eigenvalue weighted by molar-refractivity contribution is 5.76. The second-order valence-electron chi connectivity index (χ2n) is 5.48. The molecule has 0 bridgehead atoms. The monoisotopic (exact) mass is 276 g/mol. The number of hydrogen-bond donors (Lipinski definition) is 2. The van der Waals surface area contributed by atoms with E-state index in [0.717, 1.165) is 18.4 Å². The Morgan fingerprint density at radius 2 is 2.10 bits per heavy atom. The van der Waals surface area contributed by atoms with Gasteiger partial charge in [-0.25, -0.2) is 0 Å². The summed E-state index contributed by atoms with van der Waals surface area (Å²) < 4.78 is 5.12. The number of amides is 1. The van der Waals surface area contributed by atoms with Gasteiger partial charge in [-0.15, -0.1) is 0 Å². The van der Waals surface area contributed by atoms with Gasteiger partial charge in [-0.2, -0.15) is 0 Å². The van der Waals surface area contributed by atoms with Crippen LogP contribution in [0.1, 0.15) is 44.1 Å². The lowest BCUT2D eigenvalue weighted by molar-refractivity contribution is -0.121. The van der Waals surface area contributed by atoms with Crippen LogP contribution in [0.3, 0.4) is 0 Å². The fourth-order valence-corrected chi connectivity index (χ4v) is 2.74. The number of ether oxygens (including phenoxy) is 1. The topological polar surface area (TPSA) is 64.3 Å². The van der Waals surface area contributed by atoms with Crippen LogP contribution in [0.2, 0.25) is 0 Å². The molecule has 4 nitrogen and oxygen atoms in total. The summed E-state index contributed by atoms with van der Waals surface area (Å²) in [5.74, 6) is 0.826. The number of rotatable bonds is 5. The van der Waals surface area contributed by atoms with Crippen LogP contribution < -0.4 is 15.8 Å². The molecule has 0 aliphatic heterocycles. The Hall–Kier alpha value is -1.71. The van der Waals surface area contributed by atoms with E-state index >= 15 is 0 Å². The van der Waals surface area contributed by atoms with Crippen LogP contribution >= 0.6 is 0 Å². The van der Waals surface area contributed by atoms with Crippen molar-refractivity contribution in [2.45, 2.75) is 51.0 Å². The number of hydrogen-bond acceptors (Lipinski definition) is 3. The Labute approximate surface area is 120 Å². The average molecular weight is 276 g/mol. The van der Waals surface area contributed by atoms with Gasteiger partial charge in [-0.1, -0.05) is 25.3 Å². The van der Waals surface area contributed by atoms with Crippen molar-refractivity contribution < 1.29 is 9.53 Å². The van der Waals surface area contributed by atoms with Gasteiger partial charge >= 0.3 is 0 Å². The molecule has 20 heavy (non-hydrogen) atoms. The van der Waals surface area contributed by atoms with Gasteiger partial charge in [-0.05, 0) is 37.0 Å². The maximum atomic E-state index is 11.9. The lowest BCUT2D eigenvalue weighted by Crippen LogP contribution is -2.36. The minimum atomic E-state index is 0.145. The molecule has 0 saturated heterocycles. The van der Waals surface area contributed by atoms with Crippen LogP contribution in [0.15, 0.2) is 18.2 Å². The van der Waals surface area contributed by atoms with E-state index in [2.05, 4.69) is 5.32 Å². The molecule has 0 unspecified atom stereocenters. The lowest BCUT2D eigenvalue weighted by atomic mass is 9.95. The molecule has 0 aromatic heterocycles. The largest absolute Gasteiger partial charge is 0.495 e. The Balaban J connectivity index is 1.79. The number of aryl methyl sites for hydroxylation is 1. The Kier molecular flexibility index (Phi) is 5.27. The quantitative estimate of drug-likeness (QED) is 0.813. The fraction of sp³-hybridized carbons (Fsp3) is 0.562. The predicted molar refractivity (Wildman–Crippen MR) is 80.7 cm³/mol. The molecule has 0 atom stereocenters. The highest BCUT2D eigenvalue weighted by Crippen LogP contribution is 2.22. The number of methoxy groups -OCH3 is 1. The first kappa shape index (κ1) is 14.7. The summed E-state index contributed by atoms with van der Waals surface area (Å²) in [7, 11) is 1.60. The van der Waals surface area contributed by atoms with E-state index in [4.69, 9.17) is 10.5 Å². The molecule has 110 valence electrons. The Bertz CT molecular complexity index is 454. The Morgan fingerprint density at radius 1 is 1.35 bits per heavy atom. The van der Waals surface area contributed by atoms with E-state index in [0.29, 0.717) is 30.3 Å². The van der Waals surface area contributed by atoms with E-state index in [-0.39, 0.29) is 5.91 Å². The van der Waals surface area contributed by atoms with Crippen molar-refractivity contribution in [3.8, 4) is 5.75 Å². The van der Waals surface area contributed by atoms with Crippen LogP contribution in [0.5, 0.6) is 5.75 Å². The van der Waals surface area contributed by atoms with E-state index in [1.807, 2.05) is 18.2 Å². The third-order valence-corrected chi connectivity index (χ3v) is 3.91. The van der Waals surface area contributed by atoms with Gasteiger partial charge < -0.3 is 15.8 Å². The molecule has 2 rings (SSSR count). The van der Waals surface area contributed by atoms with Crippen LogP contribution in [-0.4, -0.2) is 19.1 Å². The molecule has 1 aromatic carbocycles. The summed E-state index contributed by atoms with van der Waals surface area (Å²) in [6.07, 6.45) is 7.26. The van der Waals surface area contributed by atoms with Gasteiger partial charge in [-0.3, -0.25) is 4.79 Å². The number of benzene rings is 1. The van der Waals surface area contributed by atoms with Crippen molar-refractivity contribution in [2.75, 3.05) is 12.8 Å². The van der Waals surface area contributed by atoms with Gasteiger partial charge in [0.25, 0.3) is 0 Å². The van der Waals surface area contributed by atoms with Gasteiger partial charge in [0.1, 0.15) is 5.75 Å². The first-order chi connectivity index (χ1) is 9.69. The molecule has 1 amide bonds. The number of anilines is 1. The van der Waals surface area contributed by atoms with Crippen LogP contribution in [0, 0.1) is 0 Å². The smallest absolute Gasteiger partial charge is 0.220 e. The van der Waals surface area contributed by atoms with Crippen molar-refractivity contribution in [1.82, 2.24) is 5.32 Å². The third-order valence-electron chi connectivity index (χ3n) is 3.91. The zero-order valence-electron chi connectivity index (χ0n) is 12.2. The number of nitrogens with two attached hydrogens (primary N) is 1. The molecule has 4 heteroatoms. The second-order valence-corrected chi connectivity index (χ2v) is 5.48. The normalized spacial score (nSPS) is 15.8. The standard InChI is InChI=1S/C16H24N2O2/c1-20-15-9-7-12(11-14(15)17)8-10-16(19)18-13-5-3-2-4-6-13/h7,9,11,13H,2-6,8,10,17H2,1H3,(H,18,19). The van der Waals surface area contributed by atoms with Crippen molar-refractivity contribution in [1.29, 1.82) is 0 Å². The minimum absolute atomic E-state index is 0.145. The molecular weight excluding hydrogens is 252 g/mol. The highest BCUT2D eigenvalue weighted by Gasteiger charge is 2.15. The summed E-state index contributed by atoms with van der Waals surface area (Å²) in [5.41, 5.74) is 7.56. The molecule has 1 aromatic rings. The van der Waals surface area contributed by atoms with Gasteiger partial charge in [0, 0.05) is 12.5 Å². The van der Waals surface area contributed by atoms with Crippen LogP contribution in [0.4, 0.5) is 5.69 Å². The van der Waals surface area contributed by atoms with Gasteiger partial charge in [0.15, 0.2) is 0 Å². The van der Waals surface area contributed by atoms with Gasteiger partial charge in [0.05, 0.1) is 12.8 Å². The van der Waals surface area contributed by atoms with Crippen LogP contribution in [0.25, 0.3) is 0 Å². The van der Waals surface area contributed by atoms with E-state index in [9.17, 15) is 4.79 Å². The maximum absolute atomic E-state index is 11.9. The number of nitrogens with one attached hydrogen (secondary N) is 1. The zero-order valence-corrected chi connectivity index (χ0v) is 12.2. The van der Waals surface area contributed by atoms with Crippen molar-refractivity contribution >= 4 is 11.6 Å². The Morgan fingerprint density at radius 3 is 2.75 bits per heavy atom. The van der Waals surface area contributed by atoms with E-state index < -0.39 is 0 Å². The molecule has 0 spiro atoms. The van der Waals surface area contributed by atoms with Crippen molar-refractivity contribution in [2.24, 2.45) is 0 Å². The predicted octanol–water partition coefficient (Wildman–Crippen LogP) is 2.66. The van der Waals surface area contributed by atoms with Crippen LogP contribution in [-0.2, 0) is 11.2 Å². The third kappa shape index (κ3) is 4.15. The average Bonchev–Trinajstić information content (AvgIpc) is 2.46. The molecule has 1 aliphatic rings. The number of nitrogen functional groups attached to an aromatic ring is 1. The first-order valence-electron chi connectivity index (χ1n) is 7.41. The van der Waals surface area contributed by atoms with Crippen molar-refractivity contribution in [3.05, 3.63) is 23.8 Å². The maximum Gasteiger partial charge on any atom is 0.220 e. The summed E-state index contributed by atoms with van der Waals surface area (Å²) in [5, 5.41) is 3.13. The van der Waals surface area contributed by atoms with Crippen molar-refractivity contribution in [3.63, 3.8) is 0 Å². The summed E-state index contributed by atoms with van der Waals surface area (Å²) in [6.45, 7) is 0. The van der Waals surface area contributed by atoms with E-state index in [1.165, 1.54) is 19.3 Å². The number of carbonyl (C=O) groups excluding carboxylic acids is 1. The molecule has 0 radical (unpaired) electrons. The summed E-state index contributed by atoms with van der Waals surface area (Å²) >= 11 is 0. The number of carbonyl (C=O) groups is 1. The molecule has 3 N–H and O–H groups in total. The summed E-state index contributed by atoms with van der Waals surface area (Å²) in [6, 6.07) is 6.08. The second kappa shape index (κ2) is 7.17. The first-order valence-corrected chi connectivity index (χ1v) is 7.41. The lowest BCUT2D eigenvalue weighted by Gasteiger charge is -2.22. The molecule has 1 fully saturated rings. The van der Waals surface area contributed by atoms with E-state index in [1.54, 1.807) is 7.11 Å². The zero-order chi connectivity index (χ0) is 14.4. The highest BCUT2D eigenvalue weighted by atomic mass is 16.5. The SMILES string of the molecule is COc1ccc(CCC(=O)NC2CCCCC2)cc1N. The molecular formula is C16H24N2O2. The molecule has 1 saturated carbocycles.